The van der Waals surface area contributed by atoms with Crippen molar-refractivity contribution >= 4 is 40.9 Å². The van der Waals surface area contributed by atoms with Crippen LogP contribution >= 0.6 is 18.7 Å². The van der Waals surface area contributed by atoms with Crippen molar-refractivity contribution in [1.29, 1.82) is 5.26 Å². The van der Waals surface area contributed by atoms with Gasteiger partial charge in [0, 0.05) is 46.7 Å². The van der Waals surface area contributed by atoms with Gasteiger partial charge >= 0.3 is 0 Å². The number of hydrogen-bond acceptors (Lipinski definition) is 6. The van der Waals surface area contributed by atoms with Gasteiger partial charge in [0.1, 0.15) is 18.8 Å². The number of aromatic nitrogens is 3. The van der Waals surface area contributed by atoms with E-state index < -0.39 is 24.8 Å². The number of halogens is 3. The third-order valence-corrected chi connectivity index (χ3v) is 6.77. The maximum Gasteiger partial charge on any atom is 0.188 e. The Hall–Kier alpha value is -3.40. The molecule has 2 aromatic carbocycles. The average Bonchev–Trinajstić information content (AvgIpc) is 2.80. The van der Waals surface area contributed by atoms with E-state index in [1.54, 1.807) is 26.3 Å². The first kappa shape index (κ1) is 23.7. The number of rotatable bonds is 5. The Balaban J connectivity index is 1.80. The minimum absolute atomic E-state index is 0.207. The zero-order valence-corrected chi connectivity index (χ0v) is 20.1. The molecule has 1 atom stereocenters. The summed E-state index contributed by atoms with van der Waals surface area (Å²) in [6, 6.07) is 8.38. The quantitative estimate of drug-likeness (QED) is 0.344. The van der Waals surface area contributed by atoms with Crippen LogP contribution in [0.2, 0.25) is 5.02 Å². The minimum Gasteiger partial charge on any atom is -0.377 e. The first-order valence-electron chi connectivity index (χ1n) is 10.2. The molecule has 172 valence electrons. The van der Waals surface area contributed by atoms with E-state index in [9.17, 15) is 13.3 Å². The van der Waals surface area contributed by atoms with Crippen molar-refractivity contribution in [3.8, 4) is 17.2 Å². The minimum atomic E-state index is -2.65. The summed E-state index contributed by atoms with van der Waals surface area (Å²) in [5, 5.41) is 13.1. The van der Waals surface area contributed by atoms with Gasteiger partial charge in [-0.15, -0.1) is 0 Å². The Kier molecular flexibility index (Phi) is 6.35. The van der Waals surface area contributed by atoms with Gasteiger partial charge in [-0.2, -0.15) is 5.26 Å². The number of nitrogens with one attached hydrogen (secondary N) is 1. The summed E-state index contributed by atoms with van der Waals surface area (Å²) in [6.07, 6.45) is 4.23. The van der Waals surface area contributed by atoms with Crippen LogP contribution in [-0.2, 0) is 4.57 Å². The Labute approximate surface area is 200 Å². The third-order valence-electron chi connectivity index (χ3n) is 5.29. The number of anilines is 1. The van der Waals surface area contributed by atoms with Crippen LogP contribution in [0.25, 0.3) is 22.0 Å². The monoisotopic (exact) mass is 497 g/mol. The van der Waals surface area contributed by atoms with Crippen molar-refractivity contribution in [1.82, 2.24) is 15.0 Å². The molecule has 0 saturated carbocycles. The Morgan fingerprint density at radius 1 is 1.06 bits per heavy atom. The number of fused-ring (bicyclic) bond motifs is 1. The SMILES string of the molecule is CC(Nc1c(Cl)cnc2cc(F)c(-c3cnc(P(C)(C)=O)nc3)cc12)c1cc(C#N)ccc1F. The molecule has 1 N–H and O–H groups in total. The maximum atomic E-state index is 15.0. The van der Waals surface area contributed by atoms with E-state index in [4.69, 9.17) is 16.9 Å². The van der Waals surface area contributed by atoms with E-state index in [2.05, 4.69) is 20.3 Å². The molecule has 0 aliphatic heterocycles. The molecule has 4 aromatic rings. The molecule has 0 radical (unpaired) electrons. The largest absolute Gasteiger partial charge is 0.377 e. The Morgan fingerprint density at radius 3 is 2.41 bits per heavy atom. The molecule has 0 aliphatic rings. The smallest absolute Gasteiger partial charge is 0.188 e. The lowest BCUT2D eigenvalue weighted by Gasteiger charge is -2.19. The number of nitrogens with zero attached hydrogens (tertiary/aromatic N) is 4. The van der Waals surface area contributed by atoms with Crippen LogP contribution in [0, 0.1) is 23.0 Å². The zero-order valence-electron chi connectivity index (χ0n) is 18.5. The lowest BCUT2D eigenvalue weighted by atomic mass is 10.0. The summed E-state index contributed by atoms with van der Waals surface area (Å²) >= 11 is 6.42. The van der Waals surface area contributed by atoms with Gasteiger partial charge in [-0.05, 0) is 44.5 Å². The second-order valence-corrected chi connectivity index (χ2v) is 11.7. The van der Waals surface area contributed by atoms with Gasteiger partial charge in [0.05, 0.1) is 33.9 Å². The highest BCUT2D eigenvalue weighted by Crippen LogP contribution is 2.37. The summed E-state index contributed by atoms with van der Waals surface area (Å²) in [5.74, 6) is -1.01. The molecule has 0 spiro atoms. The molecule has 2 aromatic heterocycles. The van der Waals surface area contributed by atoms with Gasteiger partial charge in [-0.1, -0.05) is 11.6 Å². The number of nitriles is 1. The highest BCUT2D eigenvalue weighted by molar-refractivity contribution is 7.69. The topological polar surface area (TPSA) is 91.6 Å². The van der Waals surface area contributed by atoms with Crippen LogP contribution in [-0.4, -0.2) is 28.3 Å². The molecule has 0 bridgehead atoms. The van der Waals surface area contributed by atoms with E-state index in [1.165, 1.54) is 42.9 Å². The van der Waals surface area contributed by atoms with Gasteiger partial charge in [0.25, 0.3) is 0 Å². The first-order valence-corrected chi connectivity index (χ1v) is 13.2. The summed E-state index contributed by atoms with van der Waals surface area (Å²) in [5.41, 5.74) is 2.20. The van der Waals surface area contributed by atoms with Gasteiger partial charge < -0.3 is 9.88 Å². The summed E-state index contributed by atoms with van der Waals surface area (Å²) in [4.78, 5) is 12.5. The van der Waals surface area contributed by atoms with Crippen molar-refractivity contribution in [3.05, 3.63) is 76.7 Å². The predicted octanol–water partition coefficient (Wildman–Crippen LogP) is 5.92. The van der Waals surface area contributed by atoms with Gasteiger partial charge in [-0.3, -0.25) is 4.98 Å². The lowest BCUT2D eigenvalue weighted by molar-refractivity contribution is 0.587. The molecule has 0 aliphatic carbocycles. The van der Waals surface area contributed by atoms with Gasteiger partial charge in [0.15, 0.2) is 5.57 Å². The number of benzene rings is 2. The standard InChI is InChI=1S/C24H19ClF2N5OP/c1-13(16-6-14(9-28)4-5-20(16)26)32-23-18-7-17(21(27)8-22(18)29-12-19(23)25)15-10-30-24(31-11-15)34(2,3)33/h4-8,10-13H,1-3H3,(H,29,32). The molecule has 2 heterocycles. The second-order valence-electron chi connectivity index (χ2n) is 8.17. The van der Waals surface area contributed by atoms with E-state index in [0.29, 0.717) is 27.7 Å². The Bertz CT molecular complexity index is 1500. The van der Waals surface area contributed by atoms with Crippen LogP contribution in [0.3, 0.4) is 0 Å². The third kappa shape index (κ3) is 4.63. The molecular formula is C24H19ClF2N5OP. The van der Waals surface area contributed by atoms with E-state index in [0.717, 1.165) is 0 Å². The predicted molar refractivity (Wildman–Crippen MR) is 130 cm³/mol. The first-order chi connectivity index (χ1) is 16.1. The molecular weight excluding hydrogens is 479 g/mol. The molecule has 0 amide bonds. The number of pyridine rings is 1. The second kappa shape index (κ2) is 9.09. The molecule has 0 saturated heterocycles. The van der Waals surface area contributed by atoms with Crippen LogP contribution in [0.15, 0.2) is 48.9 Å². The van der Waals surface area contributed by atoms with Crippen molar-refractivity contribution in [2.75, 3.05) is 18.6 Å². The highest BCUT2D eigenvalue weighted by atomic mass is 35.5. The Morgan fingerprint density at radius 2 is 1.76 bits per heavy atom. The molecule has 6 nitrogen and oxygen atoms in total. The van der Waals surface area contributed by atoms with Crippen LogP contribution in [0.5, 0.6) is 0 Å². The van der Waals surface area contributed by atoms with Gasteiger partial charge in [-0.25, -0.2) is 18.7 Å². The molecule has 10 heteroatoms. The van der Waals surface area contributed by atoms with Crippen molar-refractivity contribution in [3.63, 3.8) is 0 Å². The van der Waals surface area contributed by atoms with Crippen molar-refractivity contribution < 1.29 is 13.3 Å². The molecule has 1 unspecified atom stereocenters. The van der Waals surface area contributed by atoms with Gasteiger partial charge in [0.2, 0.25) is 0 Å². The van der Waals surface area contributed by atoms with Crippen LogP contribution in [0.1, 0.15) is 24.1 Å². The average molecular weight is 498 g/mol. The lowest BCUT2D eigenvalue weighted by Crippen LogP contribution is -2.12. The fourth-order valence-corrected chi connectivity index (χ4v) is 4.41. The maximum absolute atomic E-state index is 15.0. The molecule has 0 fully saturated rings. The van der Waals surface area contributed by atoms with E-state index >= 15 is 0 Å². The fraction of sp³-hybridized carbons (Fsp3) is 0.167. The zero-order chi connectivity index (χ0) is 24.6. The summed E-state index contributed by atoms with van der Waals surface area (Å²) in [6.45, 7) is 4.84. The normalized spacial score (nSPS) is 12.4. The number of hydrogen-bond donors (Lipinski definition) is 1. The van der Waals surface area contributed by atoms with E-state index in [-0.39, 0.29) is 21.7 Å². The van der Waals surface area contributed by atoms with Crippen molar-refractivity contribution in [2.45, 2.75) is 13.0 Å². The van der Waals surface area contributed by atoms with Crippen LogP contribution < -0.4 is 10.9 Å². The summed E-state index contributed by atoms with van der Waals surface area (Å²) in [7, 11) is -2.65. The molecule has 34 heavy (non-hydrogen) atoms. The molecule has 4 rings (SSSR count). The van der Waals surface area contributed by atoms with Crippen molar-refractivity contribution in [2.24, 2.45) is 0 Å². The van der Waals surface area contributed by atoms with E-state index in [1.807, 2.05) is 6.07 Å². The highest BCUT2D eigenvalue weighted by Gasteiger charge is 2.19. The summed E-state index contributed by atoms with van der Waals surface area (Å²) < 4.78 is 41.6. The fourth-order valence-electron chi connectivity index (χ4n) is 3.53. The van der Waals surface area contributed by atoms with Crippen LogP contribution in [0.4, 0.5) is 14.5 Å².